The third-order valence-electron chi connectivity index (χ3n) is 2.14. The molecule has 4 nitrogen and oxygen atoms in total. The van der Waals surface area contributed by atoms with E-state index in [0.29, 0.717) is 5.56 Å². The van der Waals surface area contributed by atoms with Crippen molar-refractivity contribution in [1.82, 2.24) is 9.38 Å². The standard InChI is InChI=1S/C10H10N2O2/c1-7-5-9-11-3-4-12(9)6-8(7)10(13)14-2/h3-6H,1-2H3. The monoisotopic (exact) mass is 190 g/mol. The van der Waals surface area contributed by atoms with E-state index in [9.17, 15) is 4.79 Å². The van der Waals surface area contributed by atoms with Crippen LogP contribution in [0.15, 0.2) is 24.7 Å². The molecule has 0 aliphatic heterocycles. The SMILES string of the molecule is COC(=O)c1cn2ccnc2cc1C. The molecule has 0 fully saturated rings. The molecule has 0 unspecified atom stereocenters. The summed E-state index contributed by atoms with van der Waals surface area (Å²) in [5.41, 5.74) is 2.27. The Kier molecular flexibility index (Phi) is 1.96. The summed E-state index contributed by atoms with van der Waals surface area (Å²) in [5, 5.41) is 0. The normalized spacial score (nSPS) is 10.4. The van der Waals surface area contributed by atoms with Gasteiger partial charge < -0.3 is 9.14 Å². The highest BCUT2D eigenvalue weighted by Gasteiger charge is 2.10. The van der Waals surface area contributed by atoms with Crippen molar-refractivity contribution in [3.05, 3.63) is 35.8 Å². The molecule has 2 aromatic rings. The van der Waals surface area contributed by atoms with Gasteiger partial charge in [-0.1, -0.05) is 0 Å². The number of carbonyl (C=O) groups excluding carboxylic acids is 1. The van der Waals surface area contributed by atoms with Crippen molar-refractivity contribution in [2.75, 3.05) is 7.11 Å². The number of hydrogen-bond acceptors (Lipinski definition) is 3. The lowest BCUT2D eigenvalue weighted by atomic mass is 10.1. The fraction of sp³-hybridized carbons (Fsp3) is 0.200. The van der Waals surface area contributed by atoms with Gasteiger partial charge in [0.15, 0.2) is 0 Å². The number of pyridine rings is 1. The first-order valence-corrected chi connectivity index (χ1v) is 4.24. The number of rotatable bonds is 1. The first-order valence-electron chi connectivity index (χ1n) is 4.24. The Bertz CT molecular complexity index is 488. The Hall–Kier alpha value is -1.84. The summed E-state index contributed by atoms with van der Waals surface area (Å²) in [6.07, 6.45) is 5.21. The zero-order valence-corrected chi connectivity index (χ0v) is 8.02. The van der Waals surface area contributed by atoms with Gasteiger partial charge in [0.2, 0.25) is 0 Å². The van der Waals surface area contributed by atoms with Gasteiger partial charge in [0.25, 0.3) is 0 Å². The minimum Gasteiger partial charge on any atom is -0.465 e. The summed E-state index contributed by atoms with van der Waals surface area (Å²) in [6, 6.07) is 1.85. The molecule has 0 N–H and O–H groups in total. The van der Waals surface area contributed by atoms with E-state index in [0.717, 1.165) is 11.2 Å². The topological polar surface area (TPSA) is 43.6 Å². The number of carbonyl (C=O) groups is 1. The van der Waals surface area contributed by atoms with E-state index >= 15 is 0 Å². The zero-order chi connectivity index (χ0) is 10.1. The summed E-state index contributed by atoms with van der Waals surface area (Å²) in [6.45, 7) is 1.86. The lowest BCUT2D eigenvalue weighted by molar-refractivity contribution is 0.0599. The molecule has 0 atom stereocenters. The smallest absolute Gasteiger partial charge is 0.339 e. The Morgan fingerprint density at radius 2 is 2.36 bits per heavy atom. The molecule has 14 heavy (non-hydrogen) atoms. The van der Waals surface area contributed by atoms with Crippen LogP contribution >= 0.6 is 0 Å². The van der Waals surface area contributed by atoms with Gasteiger partial charge in [-0.05, 0) is 18.6 Å². The summed E-state index contributed by atoms with van der Waals surface area (Å²) in [7, 11) is 1.37. The highest BCUT2D eigenvalue weighted by Crippen LogP contribution is 2.11. The Balaban J connectivity index is 2.64. The van der Waals surface area contributed by atoms with E-state index < -0.39 is 0 Å². The van der Waals surface area contributed by atoms with Gasteiger partial charge >= 0.3 is 5.97 Å². The fourth-order valence-corrected chi connectivity index (χ4v) is 1.38. The highest BCUT2D eigenvalue weighted by molar-refractivity contribution is 5.91. The molecule has 0 aliphatic carbocycles. The molecular weight excluding hydrogens is 180 g/mol. The van der Waals surface area contributed by atoms with Crippen LogP contribution < -0.4 is 0 Å². The summed E-state index contributed by atoms with van der Waals surface area (Å²) in [5.74, 6) is -0.321. The fourth-order valence-electron chi connectivity index (χ4n) is 1.38. The van der Waals surface area contributed by atoms with Crippen molar-refractivity contribution < 1.29 is 9.53 Å². The summed E-state index contributed by atoms with van der Waals surface area (Å²) in [4.78, 5) is 15.5. The number of ether oxygens (including phenoxy) is 1. The molecule has 2 heterocycles. The largest absolute Gasteiger partial charge is 0.465 e. The van der Waals surface area contributed by atoms with Crippen molar-refractivity contribution in [1.29, 1.82) is 0 Å². The lowest BCUT2D eigenvalue weighted by Crippen LogP contribution is -2.05. The van der Waals surface area contributed by atoms with E-state index in [1.54, 1.807) is 23.0 Å². The van der Waals surface area contributed by atoms with Crippen LogP contribution in [0.25, 0.3) is 5.65 Å². The number of hydrogen-bond donors (Lipinski definition) is 0. The third-order valence-corrected chi connectivity index (χ3v) is 2.14. The van der Waals surface area contributed by atoms with Gasteiger partial charge in [-0.15, -0.1) is 0 Å². The first-order chi connectivity index (χ1) is 6.72. The second-order valence-corrected chi connectivity index (χ2v) is 3.05. The van der Waals surface area contributed by atoms with Gasteiger partial charge in [-0.2, -0.15) is 0 Å². The third kappa shape index (κ3) is 1.25. The molecule has 0 spiro atoms. The van der Waals surface area contributed by atoms with Crippen LogP contribution in [0.2, 0.25) is 0 Å². The van der Waals surface area contributed by atoms with Gasteiger partial charge in [-0.25, -0.2) is 9.78 Å². The quantitative estimate of drug-likeness (QED) is 0.639. The molecule has 0 saturated carbocycles. The highest BCUT2D eigenvalue weighted by atomic mass is 16.5. The molecule has 0 radical (unpaired) electrons. The van der Waals surface area contributed by atoms with Crippen LogP contribution in [-0.4, -0.2) is 22.5 Å². The molecule has 0 aliphatic rings. The van der Waals surface area contributed by atoms with E-state index in [-0.39, 0.29) is 5.97 Å². The second kappa shape index (κ2) is 3.14. The summed E-state index contributed by atoms with van der Waals surface area (Å²) >= 11 is 0. The number of nitrogens with zero attached hydrogens (tertiary/aromatic N) is 2. The molecule has 0 amide bonds. The number of aromatic nitrogens is 2. The van der Waals surface area contributed by atoms with E-state index in [1.807, 2.05) is 13.0 Å². The second-order valence-electron chi connectivity index (χ2n) is 3.05. The van der Waals surface area contributed by atoms with Crippen molar-refractivity contribution >= 4 is 11.6 Å². The molecule has 2 aromatic heterocycles. The number of fused-ring (bicyclic) bond motifs is 1. The molecule has 4 heteroatoms. The molecule has 0 bridgehead atoms. The number of methoxy groups -OCH3 is 1. The van der Waals surface area contributed by atoms with Gasteiger partial charge in [0.1, 0.15) is 5.65 Å². The van der Waals surface area contributed by atoms with Crippen molar-refractivity contribution in [3.63, 3.8) is 0 Å². The van der Waals surface area contributed by atoms with Gasteiger partial charge in [0.05, 0.1) is 12.7 Å². The van der Waals surface area contributed by atoms with Crippen LogP contribution in [-0.2, 0) is 4.74 Å². The van der Waals surface area contributed by atoms with Crippen molar-refractivity contribution in [2.45, 2.75) is 6.92 Å². The van der Waals surface area contributed by atoms with Crippen molar-refractivity contribution in [3.8, 4) is 0 Å². The Labute approximate surface area is 81.1 Å². The van der Waals surface area contributed by atoms with E-state index in [1.165, 1.54) is 7.11 Å². The molecule has 2 rings (SSSR count). The average Bonchev–Trinajstić information content (AvgIpc) is 2.62. The Morgan fingerprint density at radius 1 is 1.57 bits per heavy atom. The van der Waals surface area contributed by atoms with Crippen LogP contribution in [0.1, 0.15) is 15.9 Å². The Morgan fingerprint density at radius 3 is 3.07 bits per heavy atom. The minimum absolute atomic E-state index is 0.321. The van der Waals surface area contributed by atoms with Crippen LogP contribution in [0.5, 0.6) is 0 Å². The molecule has 0 aromatic carbocycles. The number of imidazole rings is 1. The van der Waals surface area contributed by atoms with Crippen LogP contribution in [0, 0.1) is 6.92 Å². The average molecular weight is 190 g/mol. The number of aryl methyl sites for hydroxylation is 1. The minimum atomic E-state index is -0.321. The van der Waals surface area contributed by atoms with E-state index in [4.69, 9.17) is 0 Å². The summed E-state index contributed by atoms with van der Waals surface area (Å²) < 4.78 is 6.46. The lowest BCUT2D eigenvalue weighted by Gasteiger charge is -2.04. The molecular formula is C10H10N2O2. The predicted molar refractivity (Wildman–Crippen MR) is 51.3 cm³/mol. The van der Waals surface area contributed by atoms with Gasteiger partial charge in [0, 0.05) is 18.6 Å². The van der Waals surface area contributed by atoms with Crippen LogP contribution in [0.3, 0.4) is 0 Å². The molecule has 0 saturated heterocycles. The molecule has 72 valence electrons. The van der Waals surface area contributed by atoms with Crippen LogP contribution in [0.4, 0.5) is 0 Å². The van der Waals surface area contributed by atoms with Crippen molar-refractivity contribution in [2.24, 2.45) is 0 Å². The predicted octanol–water partition coefficient (Wildman–Crippen LogP) is 1.43. The maximum absolute atomic E-state index is 11.3. The first kappa shape index (κ1) is 8.74. The van der Waals surface area contributed by atoms with Gasteiger partial charge in [-0.3, -0.25) is 0 Å². The maximum atomic E-state index is 11.3. The van der Waals surface area contributed by atoms with E-state index in [2.05, 4.69) is 9.72 Å². The zero-order valence-electron chi connectivity index (χ0n) is 8.02. The number of esters is 1. The maximum Gasteiger partial charge on any atom is 0.339 e.